The fourth-order valence-corrected chi connectivity index (χ4v) is 4.43. The Morgan fingerprint density at radius 3 is 2.53 bits per heavy atom. The third kappa shape index (κ3) is 3.36. The van der Waals surface area contributed by atoms with Crippen LogP contribution >= 0.6 is 0 Å². The van der Waals surface area contributed by atoms with Crippen LogP contribution < -0.4 is 20.7 Å². The molecule has 7 nitrogen and oxygen atoms in total. The molecule has 160 valence electrons. The maximum Gasteiger partial charge on any atom is 0.364 e. The van der Waals surface area contributed by atoms with Crippen molar-refractivity contribution in [3.8, 4) is 0 Å². The molecular formula is C23H32N5O2+. The van der Waals surface area contributed by atoms with Crippen LogP contribution in [0.4, 0.5) is 11.6 Å². The minimum Gasteiger partial charge on any atom is -0.267 e. The van der Waals surface area contributed by atoms with Gasteiger partial charge in [-0.25, -0.2) is 19.2 Å². The third-order valence-electron chi connectivity index (χ3n) is 6.17. The number of aromatic amines is 1. The summed E-state index contributed by atoms with van der Waals surface area (Å²) in [6.45, 7) is 8.54. The maximum absolute atomic E-state index is 13.4. The molecule has 0 bridgehead atoms. The lowest BCUT2D eigenvalue weighted by molar-refractivity contribution is -0.669. The zero-order valence-electron chi connectivity index (χ0n) is 18.4. The van der Waals surface area contributed by atoms with Crippen LogP contribution in [-0.2, 0) is 26.6 Å². The second kappa shape index (κ2) is 8.13. The van der Waals surface area contributed by atoms with Gasteiger partial charge in [0.2, 0.25) is 11.2 Å². The summed E-state index contributed by atoms with van der Waals surface area (Å²) >= 11 is 0. The zero-order chi connectivity index (χ0) is 21.4. The van der Waals surface area contributed by atoms with Crippen molar-refractivity contribution in [2.45, 2.75) is 59.5 Å². The molecule has 4 rings (SSSR count). The molecule has 0 fully saturated rings. The van der Waals surface area contributed by atoms with Gasteiger partial charge in [-0.1, -0.05) is 45.7 Å². The smallest absolute Gasteiger partial charge is 0.267 e. The number of nitrogens with one attached hydrogen (secondary N) is 1. The molecule has 0 aliphatic carbocycles. The Hall–Kier alpha value is -2.83. The molecule has 7 heteroatoms. The minimum absolute atomic E-state index is 0.193. The first kappa shape index (κ1) is 20.4. The normalized spacial score (nSPS) is 16.3. The van der Waals surface area contributed by atoms with E-state index in [4.69, 9.17) is 0 Å². The molecule has 30 heavy (non-hydrogen) atoms. The number of rotatable bonds is 6. The lowest BCUT2D eigenvalue weighted by Gasteiger charge is -2.26. The van der Waals surface area contributed by atoms with Gasteiger partial charge in [-0.3, -0.25) is 13.9 Å². The average Bonchev–Trinajstić information content (AvgIpc) is 3.13. The third-order valence-corrected chi connectivity index (χ3v) is 6.17. The van der Waals surface area contributed by atoms with E-state index >= 15 is 0 Å². The van der Waals surface area contributed by atoms with Gasteiger partial charge in [-0.05, 0) is 30.5 Å². The van der Waals surface area contributed by atoms with Crippen LogP contribution in [0.15, 0.2) is 33.9 Å². The number of anilines is 2. The van der Waals surface area contributed by atoms with E-state index in [2.05, 4.69) is 59.5 Å². The number of H-pyrrole nitrogens is 1. The van der Waals surface area contributed by atoms with E-state index in [1.807, 2.05) is 0 Å². The highest BCUT2D eigenvalue weighted by Gasteiger charge is 2.35. The van der Waals surface area contributed by atoms with Gasteiger partial charge >= 0.3 is 11.6 Å². The summed E-state index contributed by atoms with van der Waals surface area (Å²) in [7, 11) is 1.74. The van der Waals surface area contributed by atoms with E-state index in [1.165, 1.54) is 10.1 Å². The first-order chi connectivity index (χ1) is 14.5. The van der Waals surface area contributed by atoms with Gasteiger partial charge < -0.3 is 0 Å². The molecule has 0 saturated heterocycles. The molecule has 1 aliphatic heterocycles. The van der Waals surface area contributed by atoms with E-state index in [-0.39, 0.29) is 11.2 Å². The molecule has 2 aromatic heterocycles. The topological polar surface area (TPSA) is 66.9 Å². The molecule has 0 amide bonds. The van der Waals surface area contributed by atoms with Crippen molar-refractivity contribution in [1.29, 1.82) is 0 Å². The van der Waals surface area contributed by atoms with Crippen LogP contribution in [0.25, 0.3) is 11.2 Å². The fourth-order valence-electron chi connectivity index (χ4n) is 4.43. The van der Waals surface area contributed by atoms with Crippen LogP contribution in [0.2, 0.25) is 0 Å². The number of hydrogen-bond acceptors (Lipinski definition) is 3. The van der Waals surface area contributed by atoms with Crippen molar-refractivity contribution in [1.82, 2.24) is 14.1 Å². The molecule has 3 aromatic rings. The summed E-state index contributed by atoms with van der Waals surface area (Å²) in [6.07, 6.45) is 3.89. The van der Waals surface area contributed by atoms with E-state index in [9.17, 15) is 9.59 Å². The van der Waals surface area contributed by atoms with Crippen molar-refractivity contribution in [3.63, 3.8) is 0 Å². The standard InChI is InChI=1S/C23H31N5O2/c1-5-7-8-13-26-21(29)19-20(25(4)23(26)30)24-22-27(14-16(3)15-28(19)22)18-11-9-17(6-2)10-12-18/h9-12,16H,5-8,13-15H2,1-4H3/p+1/t16-/m0/s1. The van der Waals surface area contributed by atoms with Crippen molar-refractivity contribution in [3.05, 3.63) is 50.7 Å². The number of fused-ring (bicyclic) bond motifs is 3. The summed E-state index contributed by atoms with van der Waals surface area (Å²) in [6, 6.07) is 8.57. The van der Waals surface area contributed by atoms with Crippen LogP contribution in [0.3, 0.4) is 0 Å². The SMILES string of the molecule is CCCCCn1c(=O)c2c([nH]c3[n+]2C[C@@H](C)CN3c2ccc(CC)cc2)n(C)c1=O. The number of nitrogens with zero attached hydrogens (tertiary/aromatic N) is 4. The number of aryl methyl sites for hydroxylation is 2. The lowest BCUT2D eigenvalue weighted by atomic mass is 10.1. The Morgan fingerprint density at radius 2 is 1.87 bits per heavy atom. The summed E-state index contributed by atoms with van der Waals surface area (Å²) in [5, 5.41) is 0. The molecule has 1 N–H and O–H groups in total. The summed E-state index contributed by atoms with van der Waals surface area (Å²) in [5.74, 6) is 1.24. The highest BCUT2D eigenvalue weighted by atomic mass is 16.2. The van der Waals surface area contributed by atoms with E-state index in [0.29, 0.717) is 23.6 Å². The van der Waals surface area contributed by atoms with Crippen LogP contribution in [0.5, 0.6) is 0 Å². The molecule has 0 saturated carbocycles. The van der Waals surface area contributed by atoms with Gasteiger partial charge in [0.1, 0.15) is 5.69 Å². The first-order valence-corrected chi connectivity index (χ1v) is 11.1. The van der Waals surface area contributed by atoms with Crippen LogP contribution in [0, 0.1) is 5.92 Å². The number of unbranched alkanes of at least 4 members (excludes halogenated alkanes) is 2. The molecule has 1 atom stereocenters. The Bertz CT molecular complexity index is 1170. The van der Waals surface area contributed by atoms with E-state index in [1.54, 1.807) is 11.6 Å². The Balaban J connectivity index is 1.88. The van der Waals surface area contributed by atoms with Gasteiger partial charge in [0.25, 0.3) is 5.56 Å². The molecule has 1 aromatic carbocycles. The first-order valence-electron chi connectivity index (χ1n) is 11.1. The molecular weight excluding hydrogens is 378 g/mol. The van der Waals surface area contributed by atoms with Gasteiger partial charge in [-0.15, -0.1) is 0 Å². The Labute approximate surface area is 176 Å². The minimum atomic E-state index is -0.255. The molecule has 1 aliphatic rings. The van der Waals surface area contributed by atoms with Crippen molar-refractivity contribution in [2.24, 2.45) is 13.0 Å². The Morgan fingerprint density at radius 1 is 1.13 bits per heavy atom. The van der Waals surface area contributed by atoms with Gasteiger partial charge in [0.05, 0.1) is 13.1 Å². The van der Waals surface area contributed by atoms with Crippen molar-refractivity contribution >= 4 is 22.8 Å². The second-order valence-electron chi connectivity index (χ2n) is 8.50. The number of benzene rings is 1. The molecule has 0 unspecified atom stereocenters. The number of hydrogen-bond donors (Lipinski definition) is 1. The zero-order valence-corrected chi connectivity index (χ0v) is 18.4. The van der Waals surface area contributed by atoms with Gasteiger partial charge in [-0.2, -0.15) is 0 Å². The summed E-state index contributed by atoms with van der Waals surface area (Å²) in [4.78, 5) is 31.9. The lowest BCUT2D eigenvalue weighted by Crippen LogP contribution is -2.52. The number of aromatic nitrogens is 4. The number of imidazole rings is 1. The molecule has 0 radical (unpaired) electrons. The molecule has 0 spiro atoms. The van der Waals surface area contributed by atoms with E-state index < -0.39 is 0 Å². The largest absolute Gasteiger partial charge is 0.364 e. The average molecular weight is 411 g/mol. The van der Waals surface area contributed by atoms with E-state index in [0.717, 1.165) is 50.4 Å². The quantitative estimate of drug-likeness (QED) is 0.502. The highest BCUT2D eigenvalue weighted by Crippen LogP contribution is 2.28. The van der Waals surface area contributed by atoms with Crippen LogP contribution in [0.1, 0.15) is 45.6 Å². The fraction of sp³-hybridized carbons (Fsp3) is 0.522. The molecule has 3 heterocycles. The van der Waals surface area contributed by atoms with Crippen molar-refractivity contribution in [2.75, 3.05) is 11.4 Å². The Kier molecular flexibility index (Phi) is 5.54. The monoisotopic (exact) mass is 410 g/mol. The van der Waals surface area contributed by atoms with Gasteiger partial charge in [0, 0.05) is 19.5 Å². The second-order valence-corrected chi connectivity index (χ2v) is 8.50. The summed E-state index contributed by atoms with van der Waals surface area (Å²) in [5.41, 5.74) is 3.12. The maximum atomic E-state index is 13.4. The van der Waals surface area contributed by atoms with Crippen LogP contribution in [-0.4, -0.2) is 20.7 Å². The predicted molar refractivity (Wildman–Crippen MR) is 120 cm³/mol. The van der Waals surface area contributed by atoms with Crippen molar-refractivity contribution < 1.29 is 4.57 Å². The highest BCUT2D eigenvalue weighted by molar-refractivity contribution is 5.70. The predicted octanol–water partition coefficient (Wildman–Crippen LogP) is 2.86. The van der Waals surface area contributed by atoms with Gasteiger partial charge in [0.15, 0.2) is 0 Å². The summed E-state index contributed by atoms with van der Waals surface area (Å²) < 4.78 is 5.05.